The minimum Gasteiger partial charge on any atom is -0.454 e. The number of thioether (sulfide) groups is 1. The number of hydrogen-bond acceptors (Lipinski definition) is 6. The average molecular weight is 408 g/mol. The summed E-state index contributed by atoms with van der Waals surface area (Å²) in [6, 6.07) is 13.4. The second kappa shape index (κ2) is 8.00. The van der Waals surface area contributed by atoms with Crippen LogP contribution in [-0.4, -0.2) is 31.7 Å². The fourth-order valence-corrected chi connectivity index (χ4v) is 3.48. The van der Waals surface area contributed by atoms with Crippen LogP contribution in [0.3, 0.4) is 0 Å². The van der Waals surface area contributed by atoms with E-state index in [1.165, 1.54) is 30.1 Å². The van der Waals surface area contributed by atoms with Crippen molar-refractivity contribution in [1.29, 1.82) is 0 Å². The Labute approximate surface area is 170 Å². The second-order valence-corrected chi connectivity index (χ2v) is 7.04. The quantitative estimate of drug-likeness (QED) is 0.361. The molecule has 0 amide bonds. The molecule has 0 bridgehead atoms. The first-order valence-corrected chi connectivity index (χ1v) is 10.1. The van der Waals surface area contributed by atoms with E-state index in [1.807, 2.05) is 37.4 Å². The van der Waals surface area contributed by atoms with Gasteiger partial charge in [-0.3, -0.25) is 4.57 Å². The van der Waals surface area contributed by atoms with Crippen molar-refractivity contribution < 1.29 is 13.9 Å². The highest BCUT2D eigenvalue weighted by atomic mass is 32.2. The molecule has 2 aromatic carbocycles. The third-order valence-electron chi connectivity index (χ3n) is 4.39. The lowest BCUT2D eigenvalue weighted by Gasteiger charge is -2.11. The summed E-state index contributed by atoms with van der Waals surface area (Å²) >= 11 is 1.38. The van der Waals surface area contributed by atoms with E-state index in [1.54, 1.807) is 16.7 Å². The number of aryl methyl sites for hydroxylation is 1. The molecule has 4 rings (SSSR count). The zero-order valence-electron chi connectivity index (χ0n) is 15.8. The van der Waals surface area contributed by atoms with Crippen molar-refractivity contribution in [3.05, 3.63) is 77.6 Å². The fraction of sp³-hybridized carbons (Fsp3) is 0.143. The molecule has 8 heteroatoms. The maximum Gasteiger partial charge on any atom is 0.357 e. The molecule has 0 aliphatic rings. The zero-order chi connectivity index (χ0) is 20.4. The molecule has 0 aliphatic carbocycles. The zero-order valence-corrected chi connectivity index (χ0v) is 16.6. The lowest BCUT2D eigenvalue weighted by molar-refractivity contribution is 0.0456. The number of halogens is 1. The normalized spacial score (nSPS) is 11.0. The standard InChI is InChI=1S/C21H17FN4O2S/c1-13-18(25-17-6-4-3-5-16(17)24-13)12-28-20(27)19-11-23-21(29-2)26(19)15-9-7-14(22)8-10-15/h3-11H,12H2,1-2H3. The van der Waals surface area contributed by atoms with Gasteiger partial charge in [0.25, 0.3) is 0 Å². The van der Waals surface area contributed by atoms with E-state index >= 15 is 0 Å². The van der Waals surface area contributed by atoms with Crippen LogP contribution >= 0.6 is 11.8 Å². The number of ether oxygens (including phenoxy) is 1. The number of nitrogens with zero attached hydrogens (tertiary/aromatic N) is 4. The van der Waals surface area contributed by atoms with E-state index in [0.717, 1.165) is 11.0 Å². The number of esters is 1. The SMILES string of the molecule is CSc1ncc(C(=O)OCc2nc3ccccc3nc2C)n1-c1ccc(F)cc1. The van der Waals surface area contributed by atoms with Gasteiger partial charge >= 0.3 is 5.97 Å². The third kappa shape index (κ3) is 3.84. The van der Waals surface area contributed by atoms with Crippen molar-refractivity contribution in [2.24, 2.45) is 0 Å². The van der Waals surface area contributed by atoms with Crippen LogP contribution in [0.4, 0.5) is 4.39 Å². The first kappa shape index (κ1) is 19.1. The Hall–Kier alpha value is -3.26. The summed E-state index contributed by atoms with van der Waals surface area (Å²) in [6.07, 6.45) is 3.31. The van der Waals surface area contributed by atoms with Gasteiger partial charge < -0.3 is 4.74 Å². The first-order chi connectivity index (χ1) is 14.1. The topological polar surface area (TPSA) is 69.9 Å². The third-order valence-corrected chi connectivity index (χ3v) is 5.04. The summed E-state index contributed by atoms with van der Waals surface area (Å²) in [4.78, 5) is 26.1. The molecule has 0 fully saturated rings. The number of aromatic nitrogens is 4. The summed E-state index contributed by atoms with van der Waals surface area (Å²) in [5.41, 5.74) is 3.71. The maximum atomic E-state index is 13.3. The molecule has 6 nitrogen and oxygen atoms in total. The van der Waals surface area contributed by atoms with Gasteiger partial charge in [0, 0.05) is 5.69 Å². The molecular weight excluding hydrogens is 391 g/mol. The first-order valence-electron chi connectivity index (χ1n) is 8.84. The van der Waals surface area contributed by atoms with E-state index < -0.39 is 5.97 Å². The predicted octanol–water partition coefficient (Wildman–Crippen LogP) is 4.34. The Morgan fingerprint density at radius 2 is 1.79 bits per heavy atom. The van der Waals surface area contributed by atoms with Crippen molar-refractivity contribution in [1.82, 2.24) is 19.5 Å². The van der Waals surface area contributed by atoms with Gasteiger partial charge in [0.2, 0.25) is 0 Å². The minimum atomic E-state index is -0.545. The largest absolute Gasteiger partial charge is 0.454 e. The van der Waals surface area contributed by atoms with Crippen LogP contribution in [0.5, 0.6) is 0 Å². The van der Waals surface area contributed by atoms with Crippen molar-refractivity contribution in [3.63, 3.8) is 0 Å². The van der Waals surface area contributed by atoms with Crippen LogP contribution in [0.2, 0.25) is 0 Å². The lowest BCUT2D eigenvalue weighted by Crippen LogP contribution is -2.13. The second-order valence-electron chi connectivity index (χ2n) is 6.26. The minimum absolute atomic E-state index is 0.00823. The number of rotatable bonds is 5. The summed E-state index contributed by atoms with van der Waals surface area (Å²) in [6.45, 7) is 1.82. The molecule has 0 unspecified atom stereocenters. The predicted molar refractivity (Wildman–Crippen MR) is 109 cm³/mol. The molecule has 0 saturated carbocycles. The highest BCUT2D eigenvalue weighted by molar-refractivity contribution is 7.98. The molecule has 2 heterocycles. The van der Waals surface area contributed by atoms with Crippen molar-refractivity contribution in [3.8, 4) is 5.69 Å². The van der Waals surface area contributed by atoms with E-state index in [-0.39, 0.29) is 18.1 Å². The highest BCUT2D eigenvalue weighted by Crippen LogP contribution is 2.23. The number of carbonyl (C=O) groups excluding carboxylic acids is 1. The van der Waals surface area contributed by atoms with E-state index in [4.69, 9.17) is 4.74 Å². The smallest absolute Gasteiger partial charge is 0.357 e. The Bertz CT molecular complexity index is 1190. The van der Waals surface area contributed by atoms with E-state index in [2.05, 4.69) is 15.0 Å². The van der Waals surface area contributed by atoms with Gasteiger partial charge in [-0.2, -0.15) is 0 Å². The van der Waals surface area contributed by atoms with Gasteiger partial charge in [-0.1, -0.05) is 23.9 Å². The summed E-state index contributed by atoms with van der Waals surface area (Å²) in [7, 11) is 0. The average Bonchev–Trinajstić information content (AvgIpc) is 3.17. The monoisotopic (exact) mass is 408 g/mol. The molecule has 4 aromatic rings. The van der Waals surface area contributed by atoms with E-state index in [0.29, 0.717) is 22.2 Å². The van der Waals surface area contributed by atoms with Crippen LogP contribution in [0.15, 0.2) is 59.9 Å². The Kier molecular flexibility index (Phi) is 5.26. The molecule has 0 N–H and O–H groups in total. The number of benzene rings is 2. The molecule has 0 atom stereocenters. The Morgan fingerprint density at radius 3 is 2.48 bits per heavy atom. The Morgan fingerprint density at radius 1 is 1.10 bits per heavy atom. The number of carbonyl (C=O) groups is 1. The molecule has 0 radical (unpaired) electrons. The van der Waals surface area contributed by atoms with Crippen molar-refractivity contribution in [2.45, 2.75) is 18.7 Å². The van der Waals surface area contributed by atoms with Gasteiger partial charge in [0.1, 0.15) is 12.4 Å². The van der Waals surface area contributed by atoms with Gasteiger partial charge in [0.05, 0.1) is 28.6 Å². The maximum absolute atomic E-state index is 13.3. The molecule has 146 valence electrons. The van der Waals surface area contributed by atoms with Crippen LogP contribution in [0, 0.1) is 12.7 Å². The van der Waals surface area contributed by atoms with Crippen LogP contribution < -0.4 is 0 Å². The van der Waals surface area contributed by atoms with Gasteiger partial charge in [-0.25, -0.2) is 24.1 Å². The van der Waals surface area contributed by atoms with Gasteiger partial charge in [-0.15, -0.1) is 0 Å². The molecule has 0 spiro atoms. The highest BCUT2D eigenvalue weighted by Gasteiger charge is 2.20. The molecule has 2 aromatic heterocycles. The number of para-hydroxylation sites is 2. The van der Waals surface area contributed by atoms with Crippen molar-refractivity contribution >= 4 is 28.8 Å². The van der Waals surface area contributed by atoms with Gasteiger partial charge in [-0.05, 0) is 49.6 Å². The van der Waals surface area contributed by atoms with Gasteiger partial charge in [0.15, 0.2) is 10.9 Å². The lowest BCUT2D eigenvalue weighted by atomic mass is 10.2. The van der Waals surface area contributed by atoms with Crippen LogP contribution in [0.1, 0.15) is 21.9 Å². The number of hydrogen-bond donors (Lipinski definition) is 0. The number of imidazole rings is 1. The fourth-order valence-electron chi connectivity index (χ4n) is 2.93. The summed E-state index contributed by atoms with van der Waals surface area (Å²) < 4.78 is 20.4. The summed E-state index contributed by atoms with van der Waals surface area (Å²) in [5, 5.41) is 0.602. The number of fused-ring (bicyclic) bond motifs is 1. The molecule has 29 heavy (non-hydrogen) atoms. The molecule has 0 saturated heterocycles. The van der Waals surface area contributed by atoms with Crippen LogP contribution in [-0.2, 0) is 11.3 Å². The Balaban J connectivity index is 1.60. The van der Waals surface area contributed by atoms with Crippen LogP contribution in [0.25, 0.3) is 16.7 Å². The van der Waals surface area contributed by atoms with Crippen molar-refractivity contribution in [2.75, 3.05) is 6.26 Å². The van der Waals surface area contributed by atoms with E-state index in [9.17, 15) is 9.18 Å². The molecule has 0 aliphatic heterocycles. The molecular formula is C21H17FN4O2S. The summed E-state index contributed by atoms with van der Waals surface area (Å²) in [5.74, 6) is -0.898.